The highest BCUT2D eigenvalue weighted by Gasteiger charge is 2.13. The predicted octanol–water partition coefficient (Wildman–Crippen LogP) is 4.40. The Morgan fingerprint density at radius 2 is 2.04 bits per heavy atom. The molecule has 0 heterocycles. The van der Waals surface area contributed by atoms with Gasteiger partial charge in [0.1, 0.15) is 5.75 Å². The largest absolute Gasteiger partial charge is 0.496 e. The minimum Gasteiger partial charge on any atom is -0.496 e. The fourth-order valence-electron chi connectivity index (χ4n) is 2.20. The molecular formula is C17H18BrClN2O2. The van der Waals surface area contributed by atoms with Gasteiger partial charge in [-0.15, -0.1) is 0 Å². The third-order valence-corrected chi connectivity index (χ3v) is 4.16. The van der Waals surface area contributed by atoms with Crippen molar-refractivity contribution in [1.82, 2.24) is 5.32 Å². The zero-order valence-electron chi connectivity index (χ0n) is 12.9. The van der Waals surface area contributed by atoms with Crippen molar-refractivity contribution in [2.45, 2.75) is 13.0 Å². The van der Waals surface area contributed by atoms with Crippen molar-refractivity contribution in [3.8, 4) is 5.75 Å². The molecule has 0 fully saturated rings. The molecule has 1 unspecified atom stereocenters. The number of anilines is 1. The Morgan fingerprint density at radius 3 is 2.74 bits per heavy atom. The predicted molar refractivity (Wildman–Crippen MR) is 97.2 cm³/mol. The zero-order chi connectivity index (χ0) is 16.8. The molecule has 1 atom stereocenters. The molecule has 0 aliphatic rings. The van der Waals surface area contributed by atoms with Crippen LogP contribution in [0.25, 0.3) is 0 Å². The lowest BCUT2D eigenvalue weighted by Crippen LogP contribution is -2.32. The number of carbonyl (C=O) groups excluding carboxylic acids is 1. The van der Waals surface area contributed by atoms with Gasteiger partial charge in [0.2, 0.25) is 5.91 Å². The van der Waals surface area contributed by atoms with Crippen molar-refractivity contribution in [3.05, 3.63) is 57.5 Å². The SMILES string of the molecule is COc1ccccc1C(C)NC(=O)CNc1ccc(Br)cc1Cl. The summed E-state index contributed by atoms with van der Waals surface area (Å²) in [4.78, 5) is 12.1. The number of rotatable bonds is 6. The molecule has 2 rings (SSSR count). The van der Waals surface area contributed by atoms with Gasteiger partial charge in [-0.1, -0.05) is 45.7 Å². The Kier molecular flexibility index (Phi) is 6.30. The average Bonchev–Trinajstić information content (AvgIpc) is 2.54. The second-order valence-electron chi connectivity index (χ2n) is 5.01. The van der Waals surface area contributed by atoms with Gasteiger partial charge in [-0.05, 0) is 31.2 Å². The number of methoxy groups -OCH3 is 1. The van der Waals surface area contributed by atoms with E-state index in [1.807, 2.05) is 43.3 Å². The number of carbonyl (C=O) groups is 1. The van der Waals surface area contributed by atoms with Crippen LogP contribution in [-0.2, 0) is 4.79 Å². The summed E-state index contributed by atoms with van der Waals surface area (Å²) in [7, 11) is 1.62. The van der Waals surface area contributed by atoms with Crippen molar-refractivity contribution in [2.24, 2.45) is 0 Å². The first-order chi connectivity index (χ1) is 11.0. The number of benzene rings is 2. The number of amides is 1. The van der Waals surface area contributed by atoms with Crippen LogP contribution in [0.1, 0.15) is 18.5 Å². The molecule has 0 aromatic heterocycles. The topological polar surface area (TPSA) is 50.4 Å². The van der Waals surface area contributed by atoms with E-state index in [0.717, 1.165) is 21.5 Å². The van der Waals surface area contributed by atoms with Gasteiger partial charge >= 0.3 is 0 Å². The minimum atomic E-state index is -0.152. The summed E-state index contributed by atoms with van der Waals surface area (Å²) < 4.78 is 6.21. The summed E-state index contributed by atoms with van der Waals surface area (Å²) in [5, 5.41) is 6.53. The van der Waals surface area contributed by atoms with Gasteiger partial charge in [0.05, 0.1) is 30.4 Å². The maximum atomic E-state index is 12.1. The van der Waals surface area contributed by atoms with Crippen molar-refractivity contribution < 1.29 is 9.53 Å². The molecule has 0 aliphatic heterocycles. The first kappa shape index (κ1) is 17.6. The first-order valence-electron chi connectivity index (χ1n) is 7.12. The molecule has 0 saturated carbocycles. The highest BCUT2D eigenvalue weighted by Crippen LogP contribution is 2.26. The summed E-state index contributed by atoms with van der Waals surface area (Å²) in [5.74, 6) is 0.631. The van der Waals surface area contributed by atoms with E-state index in [1.165, 1.54) is 0 Å². The normalized spacial score (nSPS) is 11.7. The lowest BCUT2D eigenvalue weighted by atomic mass is 10.1. The summed E-state index contributed by atoms with van der Waals surface area (Å²) in [6.07, 6.45) is 0. The van der Waals surface area contributed by atoms with Crippen LogP contribution in [0.3, 0.4) is 0 Å². The van der Waals surface area contributed by atoms with Crippen LogP contribution < -0.4 is 15.4 Å². The Labute approximate surface area is 149 Å². The summed E-state index contributed by atoms with van der Waals surface area (Å²) in [6.45, 7) is 2.06. The van der Waals surface area contributed by atoms with Gasteiger partial charge in [0.15, 0.2) is 0 Å². The zero-order valence-corrected chi connectivity index (χ0v) is 15.2. The summed E-state index contributed by atoms with van der Waals surface area (Å²) in [5.41, 5.74) is 1.65. The van der Waals surface area contributed by atoms with Gasteiger partial charge in [-0.2, -0.15) is 0 Å². The average molecular weight is 398 g/mol. The third-order valence-electron chi connectivity index (χ3n) is 3.35. The molecule has 6 heteroatoms. The molecule has 2 N–H and O–H groups in total. The first-order valence-corrected chi connectivity index (χ1v) is 8.29. The molecule has 0 spiro atoms. The summed E-state index contributed by atoms with van der Waals surface area (Å²) >= 11 is 9.46. The highest BCUT2D eigenvalue weighted by molar-refractivity contribution is 9.10. The van der Waals surface area contributed by atoms with Gasteiger partial charge in [0.25, 0.3) is 0 Å². The molecule has 2 aromatic rings. The molecule has 0 radical (unpaired) electrons. The van der Waals surface area contributed by atoms with Gasteiger partial charge in [-0.3, -0.25) is 4.79 Å². The fourth-order valence-corrected chi connectivity index (χ4v) is 2.94. The maximum Gasteiger partial charge on any atom is 0.239 e. The number of para-hydroxylation sites is 1. The molecule has 23 heavy (non-hydrogen) atoms. The van der Waals surface area contributed by atoms with E-state index in [9.17, 15) is 4.79 Å². The second kappa shape index (κ2) is 8.22. The monoisotopic (exact) mass is 396 g/mol. The lowest BCUT2D eigenvalue weighted by molar-refractivity contribution is -0.120. The maximum absolute atomic E-state index is 12.1. The third kappa shape index (κ3) is 4.88. The van der Waals surface area contributed by atoms with Crippen LogP contribution in [0.15, 0.2) is 46.9 Å². The van der Waals surface area contributed by atoms with Crippen molar-refractivity contribution in [2.75, 3.05) is 19.0 Å². The second-order valence-corrected chi connectivity index (χ2v) is 6.33. The molecule has 1 amide bonds. The Morgan fingerprint density at radius 1 is 1.30 bits per heavy atom. The number of nitrogens with one attached hydrogen (secondary N) is 2. The summed E-state index contributed by atoms with van der Waals surface area (Å²) in [6, 6.07) is 12.9. The fraction of sp³-hybridized carbons (Fsp3) is 0.235. The van der Waals surface area contributed by atoms with E-state index in [-0.39, 0.29) is 18.5 Å². The van der Waals surface area contributed by atoms with E-state index < -0.39 is 0 Å². The van der Waals surface area contributed by atoms with E-state index in [1.54, 1.807) is 13.2 Å². The van der Waals surface area contributed by atoms with Crippen molar-refractivity contribution in [1.29, 1.82) is 0 Å². The highest BCUT2D eigenvalue weighted by atomic mass is 79.9. The van der Waals surface area contributed by atoms with Crippen molar-refractivity contribution >= 4 is 39.1 Å². The van der Waals surface area contributed by atoms with E-state index >= 15 is 0 Å². The van der Waals surface area contributed by atoms with Crippen molar-refractivity contribution in [3.63, 3.8) is 0 Å². The molecule has 4 nitrogen and oxygen atoms in total. The van der Waals surface area contributed by atoms with E-state index in [0.29, 0.717) is 5.02 Å². The number of ether oxygens (including phenoxy) is 1. The van der Waals surface area contributed by atoms with E-state index in [4.69, 9.17) is 16.3 Å². The smallest absolute Gasteiger partial charge is 0.239 e. The van der Waals surface area contributed by atoms with Crippen LogP contribution in [0.2, 0.25) is 5.02 Å². The molecule has 0 aliphatic carbocycles. The number of halogens is 2. The van der Waals surface area contributed by atoms with Crippen LogP contribution in [0.4, 0.5) is 5.69 Å². The number of hydrogen-bond acceptors (Lipinski definition) is 3. The van der Waals surface area contributed by atoms with E-state index in [2.05, 4.69) is 26.6 Å². The lowest BCUT2D eigenvalue weighted by Gasteiger charge is -2.17. The van der Waals surface area contributed by atoms with Gasteiger partial charge in [0, 0.05) is 10.0 Å². The molecule has 0 bridgehead atoms. The Bertz CT molecular complexity index is 694. The van der Waals surface area contributed by atoms with Crippen LogP contribution in [0.5, 0.6) is 5.75 Å². The van der Waals surface area contributed by atoms with Crippen LogP contribution in [-0.4, -0.2) is 19.6 Å². The Balaban J connectivity index is 1.94. The minimum absolute atomic E-state index is 0.123. The molecule has 2 aromatic carbocycles. The Hall–Kier alpha value is -1.72. The number of hydrogen-bond donors (Lipinski definition) is 2. The molecular weight excluding hydrogens is 380 g/mol. The van der Waals surface area contributed by atoms with Crippen LogP contribution >= 0.6 is 27.5 Å². The standard InChI is InChI=1S/C17H18BrClN2O2/c1-11(13-5-3-4-6-16(13)23-2)21-17(22)10-20-15-8-7-12(18)9-14(15)19/h3-9,11,20H,10H2,1-2H3,(H,21,22). The molecule has 0 saturated heterocycles. The van der Waals surface area contributed by atoms with Gasteiger partial charge < -0.3 is 15.4 Å². The van der Waals surface area contributed by atoms with Crippen LogP contribution in [0, 0.1) is 0 Å². The van der Waals surface area contributed by atoms with Gasteiger partial charge in [-0.25, -0.2) is 0 Å². The molecule has 122 valence electrons. The quantitative estimate of drug-likeness (QED) is 0.759.